The predicted octanol–water partition coefficient (Wildman–Crippen LogP) is 4.18. The SMILES string of the molecule is COc1ccc(CN(Cn2cc(-c3ccccc3)cn2)C2CC2)cc1. The van der Waals surface area contributed by atoms with Crippen LogP contribution in [-0.2, 0) is 13.2 Å². The summed E-state index contributed by atoms with van der Waals surface area (Å²) in [6.07, 6.45) is 6.65. The number of nitrogens with zero attached hydrogens (tertiary/aromatic N) is 3. The molecule has 0 unspecified atom stereocenters. The van der Waals surface area contributed by atoms with Crippen molar-refractivity contribution in [2.75, 3.05) is 7.11 Å². The van der Waals surface area contributed by atoms with Gasteiger partial charge in [-0.3, -0.25) is 9.58 Å². The lowest BCUT2D eigenvalue weighted by Crippen LogP contribution is -2.28. The average molecular weight is 333 g/mol. The Morgan fingerprint density at radius 3 is 2.48 bits per heavy atom. The monoisotopic (exact) mass is 333 g/mol. The van der Waals surface area contributed by atoms with E-state index in [0.29, 0.717) is 6.04 Å². The van der Waals surface area contributed by atoms with E-state index in [1.807, 2.05) is 29.1 Å². The van der Waals surface area contributed by atoms with E-state index < -0.39 is 0 Å². The Morgan fingerprint density at radius 1 is 1.04 bits per heavy atom. The van der Waals surface area contributed by atoms with Gasteiger partial charge in [-0.1, -0.05) is 42.5 Å². The van der Waals surface area contributed by atoms with Gasteiger partial charge in [0.15, 0.2) is 0 Å². The van der Waals surface area contributed by atoms with Crippen molar-refractivity contribution in [3.05, 3.63) is 72.6 Å². The molecule has 4 nitrogen and oxygen atoms in total. The first-order valence-corrected chi connectivity index (χ1v) is 8.77. The van der Waals surface area contributed by atoms with E-state index >= 15 is 0 Å². The third-order valence-electron chi connectivity index (χ3n) is 4.67. The van der Waals surface area contributed by atoms with Crippen LogP contribution in [0.5, 0.6) is 5.75 Å². The molecule has 4 heteroatoms. The molecule has 1 heterocycles. The first-order valence-electron chi connectivity index (χ1n) is 8.77. The fraction of sp³-hybridized carbons (Fsp3) is 0.286. The van der Waals surface area contributed by atoms with Crippen molar-refractivity contribution in [2.45, 2.75) is 32.1 Å². The third kappa shape index (κ3) is 3.91. The third-order valence-corrected chi connectivity index (χ3v) is 4.67. The molecule has 128 valence electrons. The van der Waals surface area contributed by atoms with Crippen molar-refractivity contribution in [2.24, 2.45) is 0 Å². The Kier molecular flexibility index (Phi) is 4.53. The Bertz CT molecular complexity index is 807. The maximum Gasteiger partial charge on any atom is 0.118 e. The minimum Gasteiger partial charge on any atom is -0.497 e. The molecule has 0 radical (unpaired) electrons. The van der Waals surface area contributed by atoms with Crippen molar-refractivity contribution in [3.63, 3.8) is 0 Å². The van der Waals surface area contributed by atoms with E-state index in [1.165, 1.54) is 29.5 Å². The number of rotatable bonds is 7. The van der Waals surface area contributed by atoms with Gasteiger partial charge in [-0.25, -0.2) is 0 Å². The zero-order valence-electron chi connectivity index (χ0n) is 14.5. The van der Waals surface area contributed by atoms with Gasteiger partial charge < -0.3 is 4.74 Å². The van der Waals surface area contributed by atoms with Crippen molar-refractivity contribution in [3.8, 4) is 16.9 Å². The second-order valence-corrected chi connectivity index (χ2v) is 6.60. The topological polar surface area (TPSA) is 30.3 Å². The van der Waals surface area contributed by atoms with Gasteiger partial charge in [-0.05, 0) is 36.1 Å². The maximum absolute atomic E-state index is 5.25. The summed E-state index contributed by atoms with van der Waals surface area (Å²) >= 11 is 0. The van der Waals surface area contributed by atoms with Gasteiger partial charge in [0, 0.05) is 24.3 Å². The summed E-state index contributed by atoms with van der Waals surface area (Å²) in [5.74, 6) is 0.904. The lowest BCUT2D eigenvalue weighted by atomic mass is 10.1. The number of ether oxygens (including phenoxy) is 1. The first kappa shape index (κ1) is 15.9. The van der Waals surface area contributed by atoms with Crippen LogP contribution in [0.4, 0.5) is 0 Å². The van der Waals surface area contributed by atoms with E-state index in [2.05, 4.69) is 52.6 Å². The van der Waals surface area contributed by atoms with Crippen LogP contribution in [0.1, 0.15) is 18.4 Å². The number of hydrogen-bond donors (Lipinski definition) is 0. The summed E-state index contributed by atoms with van der Waals surface area (Å²) in [7, 11) is 1.70. The van der Waals surface area contributed by atoms with Crippen LogP contribution in [0.3, 0.4) is 0 Å². The summed E-state index contributed by atoms with van der Waals surface area (Å²) in [6, 6.07) is 19.4. The summed E-state index contributed by atoms with van der Waals surface area (Å²) in [4.78, 5) is 2.50. The van der Waals surface area contributed by atoms with Crippen molar-refractivity contribution in [1.29, 1.82) is 0 Å². The van der Waals surface area contributed by atoms with Gasteiger partial charge in [0.25, 0.3) is 0 Å². The molecule has 0 N–H and O–H groups in total. The molecule has 1 aliphatic carbocycles. The Balaban J connectivity index is 1.46. The van der Waals surface area contributed by atoms with Crippen molar-refractivity contribution >= 4 is 0 Å². The van der Waals surface area contributed by atoms with E-state index in [-0.39, 0.29) is 0 Å². The quantitative estimate of drug-likeness (QED) is 0.650. The van der Waals surface area contributed by atoms with Crippen LogP contribution in [0.25, 0.3) is 11.1 Å². The maximum atomic E-state index is 5.25. The Morgan fingerprint density at radius 2 is 1.80 bits per heavy atom. The smallest absolute Gasteiger partial charge is 0.118 e. The van der Waals surface area contributed by atoms with Gasteiger partial charge in [0.2, 0.25) is 0 Å². The standard InChI is InChI=1S/C21H23N3O/c1-25-21-11-7-17(8-12-21)14-23(20-9-10-20)16-24-15-19(13-22-24)18-5-3-2-4-6-18/h2-8,11-13,15,20H,9-10,14,16H2,1H3. The highest BCUT2D eigenvalue weighted by molar-refractivity contribution is 5.61. The van der Waals surface area contributed by atoms with Crippen LogP contribution >= 0.6 is 0 Å². The van der Waals surface area contributed by atoms with Crippen LogP contribution in [-0.4, -0.2) is 27.8 Å². The van der Waals surface area contributed by atoms with Crippen LogP contribution in [0, 0.1) is 0 Å². The van der Waals surface area contributed by atoms with Gasteiger partial charge in [0.1, 0.15) is 5.75 Å². The lowest BCUT2D eigenvalue weighted by molar-refractivity contribution is 0.188. The van der Waals surface area contributed by atoms with E-state index in [1.54, 1.807) is 7.11 Å². The molecule has 25 heavy (non-hydrogen) atoms. The summed E-state index contributed by atoms with van der Waals surface area (Å²) < 4.78 is 7.29. The van der Waals surface area contributed by atoms with E-state index in [0.717, 1.165) is 19.0 Å². The molecule has 1 aromatic heterocycles. The molecule has 1 saturated carbocycles. The summed E-state index contributed by atoms with van der Waals surface area (Å²) in [5.41, 5.74) is 3.69. The summed E-state index contributed by atoms with van der Waals surface area (Å²) in [5, 5.41) is 4.57. The molecule has 0 spiro atoms. The number of aromatic nitrogens is 2. The molecule has 4 rings (SSSR count). The number of hydrogen-bond acceptors (Lipinski definition) is 3. The fourth-order valence-electron chi connectivity index (χ4n) is 3.11. The highest BCUT2D eigenvalue weighted by Gasteiger charge is 2.29. The lowest BCUT2D eigenvalue weighted by Gasteiger charge is -2.22. The van der Waals surface area contributed by atoms with Crippen LogP contribution < -0.4 is 4.74 Å². The first-order chi connectivity index (χ1) is 12.3. The Hall–Kier alpha value is -2.59. The van der Waals surface area contributed by atoms with Gasteiger partial charge in [0.05, 0.1) is 20.0 Å². The molecule has 0 amide bonds. The molecule has 0 aliphatic heterocycles. The zero-order chi connectivity index (χ0) is 17.1. The highest BCUT2D eigenvalue weighted by atomic mass is 16.5. The molecule has 1 fully saturated rings. The van der Waals surface area contributed by atoms with Crippen molar-refractivity contribution < 1.29 is 4.74 Å². The van der Waals surface area contributed by atoms with Crippen LogP contribution in [0.15, 0.2) is 67.0 Å². The molecule has 3 aromatic rings. The van der Waals surface area contributed by atoms with Crippen molar-refractivity contribution in [1.82, 2.24) is 14.7 Å². The molecule has 0 atom stereocenters. The molecule has 1 aliphatic rings. The molecule has 0 saturated heterocycles. The number of methoxy groups -OCH3 is 1. The second kappa shape index (κ2) is 7.11. The zero-order valence-corrected chi connectivity index (χ0v) is 14.5. The van der Waals surface area contributed by atoms with Gasteiger partial charge in [-0.2, -0.15) is 5.10 Å². The second-order valence-electron chi connectivity index (χ2n) is 6.60. The molecular weight excluding hydrogens is 310 g/mol. The summed E-state index contributed by atoms with van der Waals surface area (Å²) in [6.45, 7) is 1.76. The molecule has 0 bridgehead atoms. The highest BCUT2D eigenvalue weighted by Crippen LogP contribution is 2.29. The van der Waals surface area contributed by atoms with Gasteiger partial charge >= 0.3 is 0 Å². The number of benzene rings is 2. The normalized spacial score (nSPS) is 14.0. The molecular formula is C21H23N3O. The minimum atomic E-state index is 0.673. The molecule has 2 aromatic carbocycles. The predicted molar refractivity (Wildman–Crippen MR) is 99.2 cm³/mol. The largest absolute Gasteiger partial charge is 0.497 e. The van der Waals surface area contributed by atoms with Crippen LogP contribution in [0.2, 0.25) is 0 Å². The van der Waals surface area contributed by atoms with E-state index in [4.69, 9.17) is 4.74 Å². The average Bonchev–Trinajstić information content (AvgIpc) is 3.41. The Labute approximate surface area is 148 Å². The van der Waals surface area contributed by atoms with E-state index in [9.17, 15) is 0 Å². The fourth-order valence-corrected chi connectivity index (χ4v) is 3.11. The van der Waals surface area contributed by atoms with Gasteiger partial charge in [-0.15, -0.1) is 0 Å². The minimum absolute atomic E-state index is 0.673.